The van der Waals surface area contributed by atoms with E-state index >= 15 is 0 Å². The van der Waals surface area contributed by atoms with Crippen molar-refractivity contribution >= 4 is 11.7 Å². The van der Waals surface area contributed by atoms with Crippen molar-refractivity contribution in [1.29, 1.82) is 0 Å². The van der Waals surface area contributed by atoms with Crippen LogP contribution in [0.3, 0.4) is 0 Å². The van der Waals surface area contributed by atoms with E-state index in [0.29, 0.717) is 18.0 Å². The number of hydrogen-bond donors (Lipinski definition) is 2. The Morgan fingerprint density at radius 3 is 2.54 bits per heavy atom. The molecule has 3 N–H and O–H groups in total. The van der Waals surface area contributed by atoms with Crippen LogP contribution < -0.4 is 5.73 Å². The second-order valence-corrected chi connectivity index (χ2v) is 2.88. The minimum absolute atomic E-state index is 0.357. The smallest absolute Gasteiger partial charge is 0.356 e. The maximum atomic E-state index is 11.3. The predicted octanol–water partition coefficient (Wildman–Crippen LogP) is 1.39. The van der Waals surface area contributed by atoms with Crippen molar-refractivity contribution in [1.82, 2.24) is 4.98 Å². The summed E-state index contributed by atoms with van der Waals surface area (Å²) in [6, 6.07) is 0. The van der Waals surface area contributed by atoms with E-state index in [1.54, 1.807) is 6.92 Å². The molecule has 0 bridgehead atoms. The van der Waals surface area contributed by atoms with Crippen LogP contribution in [0.4, 0.5) is 5.69 Å². The number of nitrogens with two attached hydrogens (primary N) is 1. The summed E-state index contributed by atoms with van der Waals surface area (Å²) in [6.45, 7) is 5.85. The molecule has 4 heteroatoms. The van der Waals surface area contributed by atoms with E-state index in [-0.39, 0.29) is 0 Å². The number of H-pyrrole nitrogens is 1. The van der Waals surface area contributed by atoms with Gasteiger partial charge < -0.3 is 15.5 Å². The van der Waals surface area contributed by atoms with Crippen LogP contribution in [0.2, 0.25) is 0 Å². The molecule has 72 valence electrons. The van der Waals surface area contributed by atoms with E-state index in [9.17, 15) is 4.79 Å². The Labute approximate surface area is 77.1 Å². The highest BCUT2D eigenvalue weighted by Crippen LogP contribution is 2.20. The topological polar surface area (TPSA) is 68.1 Å². The van der Waals surface area contributed by atoms with E-state index in [1.165, 1.54) is 0 Å². The van der Waals surface area contributed by atoms with Gasteiger partial charge in [-0.3, -0.25) is 0 Å². The first-order valence-electron chi connectivity index (χ1n) is 4.19. The van der Waals surface area contributed by atoms with Crippen LogP contribution in [0, 0.1) is 13.8 Å². The number of nitrogens with one attached hydrogen (secondary N) is 1. The van der Waals surface area contributed by atoms with Crippen LogP contribution in [0.15, 0.2) is 0 Å². The summed E-state index contributed by atoms with van der Waals surface area (Å²) in [4.78, 5) is 14.2. The Morgan fingerprint density at radius 1 is 1.54 bits per heavy atom. The molecule has 1 aromatic heterocycles. The Balaban J connectivity index is 3.01. The van der Waals surface area contributed by atoms with Crippen LogP contribution in [0.1, 0.15) is 28.7 Å². The minimum Gasteiger partial charge on any atom is -0.461 e. The predicted molar refractivity (Wildman–Crippen MR) is 50.6 cm³/mol. The van der Waals surface area contributed by atoms with Crippen LogP contribution in [-0.4, -0.2) is 17.6 Å². The number of aromatic amines is 1. The molecular formula is C9H14N2O2. The molecule has 1 aromatic rings. The summed E-state index contributed by atoms with van der Waals surface area (Å²) in [5.74, 6) is -0.392. The fourth-order valence-electron chi connectivity index (χ4n) is 1.10. The number of anilines is 1. The molecule has 0 radical (unpaired) electrons. The lowest BCUT2D eigenvalue weighted by Gasteiger charge is -1.99. The lowest BCUT2D eigenvalue weighted by Crippen LogP contribution is -2.07. The van der Waals surface area contributed by atoms with Gasteiger partial charge in [-0.05, 0) is 26.3 Å². The van der Waals surface area contributed by atoms with Gasteiger partial charge in [0.1, 0.15) is 5.69 Å². The van der Waals surface area contributed by atoms with E-state index in [0.717, 1.165) is 11.3 Å². The molecule has 0 aromatic carbocycles. The highest BCUT2D eigenvalue weighted by atomic mass is 16.5. The Kier molecular flexibility index (Phi) is 2.60. The quantitative estimate of drug-likeness (QED) is 0.679. The number of ether oxygens (including phenoxy) is 1. The van der Waals surface area contributed by atoms with Gasteiger partial charge in [-0.25, -0.2) is 4.79 Å². The molecule has 0 fully saturated rings. The van der Waals surface area contributed by atoms with Crippen molar-refractivity contribution in [3.63, 3.8) is 0 Å². The van der Waals surface area contributed by atoms with E-state index in [1.807, 2.05) is 13.8 Å². The lowest BCUT2D eigenvalue weighted by atomic mass is 10.2. The molecule has 0 saturated carbocycles. The van der Waals surface area contributed by atoms with Crippen molar-refractivity contribution in [3.8, 4) is 0 Å². The number of nitrogen functional groups attached to an aromatic ring is 1. The third-order valence-electron chi connectivity index (χ3n) is 2.03. The normalized spacial score (nSPS) is 10.1. The fraction of sp³-hybridized carbons (Fsp3) is 0.444. The summed E-state index contributed by atoms with van der Waals surface area (Å²) in [5.41, 5.74) is 8.35. The number of hydrogen-bond acceptors (Lipinski definition) is 3. The minimum atomic E-state index is -0.392. The molecule has 13 heavy (non-hydrogen) atoms. The van der Waals surface area contributed by atoms with Gasteiger partial charge >= 0.3 is 5.97 Å². The largest absolute Gasteiger partial charge is 0.461 e. The highest BCUT2D eigenvalue weighted by molar-refractivity contribution is 5.94. The van der Waals surface area contributed by atoms with Gasteiger partial charge in [0.25, 0.3) is 0 Å². The first kappa shape index (κ1) is 9.64. The number of aromatic nitrogens is 1. The van der Waals surface area contributed by atoms with Crippen LogP contribution in [0.5, 0.6) is 0 Å². The maximum absolute atomic E-state index is 11.3. The van der Waals surface area contributed by atoms with Crippen molar-refractivity contribution in [2.75, 3.05) is 12.3 Å². The average Bonchev–Trinajstić information content (AvgIpc) is 2.33. The second kappa shape index (κ2) is 3.51. The highest BCUT2D eigenvalue weighted by Gasteiger charge is 2.16. The molecule has 0 saturated heterocycles. The van der Waals surface area contributed by atoms with Crippen LogP contribution in [-0.2, 0) is 4.74 Å². The van der Waals surface area contributed by atoms with Crippen molar-refractivity contribution in [2.24, 2.45) is 0 Å². The standard InChI is InChI=1S/C9H14N2O2/c1-4-13-9(12)8-7(10)5(2)6(3)11-8/h11H,4,10H2,1-3H3. The average molecular weight is 182 g/mol. The van der Waals surface area contributed by atoms with Gasteiger partial charge in [-0.15, -0.1) is 0 Å². The van der Waals surface area contributed by atoms with Crippen LogP contribution >= 0.6 is 0 Å². The summed E-state index contributed by atoms with van der Waals surface area (Å²) >= 11 is 0. The third-order valence-corrected chi connectivity index (χ3v) is 2.03. The van der Waals surface area contributed by atoms with Crippen LogP contribution in [0.25, 0.3) is 0 Å². The molecule has 1 rings (SSSR count). The summed E-state index contributed by atoms with van der Waals surface area (Å²) in [5, 5.41) is 0. The number of carbonyl (C=O) groups is 1. The van der Waals surface area contributed by atoms with Crippen molar-refractivity contribution in [3.05, 3.63) is 17.0 Å². The van der Waals surface area contributed by atoms with Gasteiger partial charge in [-0.1, -0.05) is 0 Å². The molecule has 0 unspecified atom stereocenters. The van der Waals surface area contributed by atoms with Gasteiger partial charge in [0.2, 0.25) is 0 Å². The Morgan fingerprint density at radius 2 is 2.15 bits per heavy atom. The van der Waals surface area contributed by atoms with Crippen molar-refractivity contribution < 1.29 is 9.53 Å². The molecule has 4 nitrogen and oxygen atoms in total. The molecule has 0 aliphatic heterocycles. The zero-order chi connectivity index (χ0) is 10.0. The molecule has 0 atom stereocenters. The summed E-state index contributed by atoms with van der Waals surface area (Å²) in [6.07, 6.45) is 0. The number of rotatable bonds is 2. The third kappa shape index (κ3) is 1.66. The first-order valence-corrected chi connectivity index (χ1v) is 4.19. The van der Waals surface area contributed by atoms with E-state index in [2.05, 4.69) is 4.98 Å². The maximum Gasteiger partial charge on any atom is 0.356 e. The number of esters is 1. The molecular weight excluding hydrogens is 168 g/mol. The lowest BCUT2D eigenvalue weighted by molar-refractivity contribution is 0.0521. The Hall–Kier alpha value is -1.45. The molecule has 0 aliphatic rings. The Bertz CT molecular complexity index is 329. The zero-order valence-corrected chi connectivity index (χ0v) is 8.10. The number of carbonyl (C=O) groups excluding carboxylic acids is 1. The first-order chi connectivity index (χ1) is 6.07. The molecule has 1 heterocycles. The van der Waals surface area contributed by atoms with E-state index < -0.39 is 5.97 Å². The monoisotopic (exact) mass is 182 g/mol. The summed E-state index contributed by atoms with van der Waals surface area (Å²) in [7, 11) is 0. The SMILES string of the molecule is CCOC(=O)c1[nH]c(C)c(C)c1N. The van der Waals surface area contributed by atoms with Gasteiger partial charge in [-0.2, -0.15) is 0 Å². The fourth-order valence-corrected chi connectivity index (χ4v) is 1.10. The van der Waals surface area contributed by atoms with E-state index in [4.69, 9.17) is 10.5 Å². The molecule has 0 amide bonds. The zero-order valence-electron chi connectivity index (χ0n) is 8.10. The van der Waals surface area contributed by atoms with Gasteiger partial charge in [0.15, 0.2) is 0 Å². The van der Waals surface area contributed by atoms with Crippen molar-refractivity contribution in [2.45, 2.75) is 20.8 Å². The van der Waals surface area contributed by atoms with Gasteiger partial charge in [0.05, 0.1) is 12.3 Å². The second-order valence-electron chi connectivity index (χ2n) is 2.88. The summed E-state index contributed by atoms with van der Waals surface area (Å²) < 4.78 is 4.83. The molecule has 0 aliphatic carbocycles. The number of aryl methyl sites for hydroxylation is 1. The molecule has 0 spiro atoms. The van der Waals surface area contributed by atoms with Gasteiger partial charge in [0, 0.05) is 5.69 Å².